The second-order valence-corrected chi connectivity index (χ2v) is 12.1. The molecule has 1 aliphatic heterocycles. The van der Waals surface area contributed by atoms with E-state index in [1.165, 1.54) is 102 Å². The summed E-state index contributed by atoms with van der Waals surface area (Å²) in [5.74, 6) is -0.389. The first-order valence-corrected chi connectivity index (χ1v) is 17.1. The minimum atomic E-state index is -1.57. The van der Waals surface area contributed by atoms with Crippen LogP contribution in [0.5, 0.6) is 0 Å². The molecular weight excluding hydrogens is 538 g/mol. The maximum absolute atomic E-state index is 12.8. The fourth-order valence-electron chi connectivity index (χ4n) is 5.77. The summed E-state index contributed by atoms with van der Waals surface area (Å²) in [5.41, 5.74) is 0. The minimum absolute atomic E-state index is 0.184. The third kappa shape index (κ3) is 16.3. The van der Waals surface area contributed by atoms with Gasteiger partial charge in [0.05, 0.1) is 25.9 Å². The standard InChI is InChI=1S/C33H65NO8/c1-4-6-8-10-12-14-16-18-20-22-40-25-28(26-41-23-21-19-17-15-13-11-9-7-5-2)34(27(3)36)30-32(38)31(37)29(24-35)42-33(30)39/h28-33,35,37-39H,4-26H2,1-3H3/t29-,30-,31-,32-,33-/m1/s1. The predicted molar refractivity (Wildman–Crippen MR) is 166 cm³/mol. The van der Waals surface area contributed by atoms with Crippen molar-refractivity contribution >= 4 is 5.91 Å². The Hall–Kier alpha value is -0.810. The van der Waals surface area contributed by atoms with Crippen molar-refractivity contribution in [1.29, 1.82) is 0 Å². The maximum atomic E-state index is 12.8. The highest BCUT2D eigenvalue weighted by atomic mass is 16.6. The summed E-state index contributed by atoms with van der Waals surface area (Å²) in [6.45, 7) is 6.73. The molecule has 1 fully saturated rings. The van der Waals surface area contributed by atoms with E-state index in [2.05, 4.69) is 13.8 Å². The number of aliphatic hydroxyl groups excluding tert-OH is 4. The molecule has 0 aromatic heterocycles. The van der Waals surface area contributed by atoms with Crippen molar-refractivity contribution in [3.05, 3.63) is 0 Å². The Kier molecular flexibility index (Phi) is 23.8. The zero-order valence-corrected chi connectivity index (χ0v) is 27.1. The van der Waals surface area contributed by atoms with Gasteiger partial charge in [-0.25, -0.2) is 0 Å². The van der Waals surface area contributed by atoms with Crippen molar-refractivity contribution in [1.82, 2.24) is 4.90 Å². The second-order valence-electron chi connectivity index (χ2n) is 12.1. The van der Waals surface area contributed by atoms with Gasteiger partial charge in [-0.2, -0.15) is 0 Å². The lowest BCUT2D eigenvalue weighted by atomic mass is 9.94. The molecule has 4 N–H and O–H groups in total. The first kappa shape index (κ1) is 39.2. The molecule has 0 bridgehead atoms. The molecule has 1 rings (SSSR count). The monoisotopic (exact) mass is 603 g/mol. The van der Waals surface area contributed by atoms with Crippen molar-refractivity contribution in [2.75, 3.05) is 33.0 Å². The molecule has 0 aromatic carbocycles. The van der Waals surface area contributed by atoms with Crippen LogP contribution in [0.1, 0.15) is 136 Å². The molecular formula is C33H65NO8. The van der Waals surface area contributed by atoms with E-state index >= 15 is 0 Å². The van der Waals surface area contributed by atoms with Crippen LogP contribution in [0.25, 0.3) is 0 Å². The van der Waals surface area contributed by atoms with Crippen LogP contribution in [0.3, 0.4) is 0 Å². The molecule has 0 spiro atoms. The molecule has 0 radical (unpaired) electrons. The Morgan fingerprint density at radius 2 is 1.10 bits per heavy atom. The lowest BCUT2D eigenvalue weighted by Gasteiger charge is -2.47. The molecule has 0 unspecified atom stereocenters. The highest BCUT2D eigenvalue weighted by Gasteiger charge is 2.48. The van der Waals surface area contributed by atoms with Crippen molar-refractivity contribution in [2.45, 2.75) is 173 Å². The molecule has 9 nitrogen and oxygen atoms in total. The predicted octanol–water partition coefficient (Wildman–Crippen LogP) is 5.10. The quantitative estimate of drug-likeness (QED) is 0.0955. The Balaban J connectivity index is 2.59. The van der Waals surface area contributed by atoms with E-state index in [0.717, 1.165) is 25.7 Å². The molecule has 250 valence electrons. The average Bonchev–Trinajstić information content (AvgIpc) is 2.97. The van der Waals surface area contributed by atoms with E-state index in [-0.39, 0.29) is 19.1 Å². The van der Waals surface area contributed by atoms with Gasteiger partial charge < -0.3 is 39.5 Å². The molecule has 1 aliphatic rings. The summed E-state index contributed by atoms with van der Waals surface area (Å²) in [6.07, 6.45) is 16.2. The Bertz CT molecular complexity index is 613. The molecule has 0 aromatic rings. The van der Waals surface area contributed by atoms with E-state index in [1.807, 2.05) is 0 Å². The first-order valence-electron chi connectivity index (χ1n) is 17.1. The Morgan fingerprint density at radius 3 is 1.48 bits per heavy atom. The highest BCUT2D eigenvalue weighted by molar-refractivity contribution is 5.74. The number of ether oxygens (including phenoxy) is 3. The lowest BCUT2D eigenvalue weighted by Crippen LogP contribution is -2.67. The van der Waals surface area contributed by atoms with E-state index in [1.54, 1.807) is 0 Å². The third-order valence-electron chi connectivity index (χ3n) is 8.35. The Morgan fingerprint density at radius 1 is 0.690 bits per heavy atom. The number of nitrogens with zero attached hydrogens (tertiary/aromatic N) is 1. The summed E-state index contributed by atoms with van der Waals surface area (Å²) in [5, 5.41) is 41.4. The van der Waals surface area contributed by atoms with Crippen LogP contribution in [0.2, 0.25) is 0 Å². The molecule has 9 heteroatoms. The summed E-state index contributed by atoms with van der Waals surface area (Å²) in [4.78, 5) is 14.2. The number of hydrogen-bond donors (Lipinski definition) is 4. The second kappa shape index (κ2) is 25.5. The van der Waals surface area contributed by atoms with Gasteiger partial charge in [0.25, 0.3) is 0 Å². The fourth-order valence-corrected chi connectivity index (χ4v) is 5.77. The molecule has 42 heavy (non-hydrogen) atoms. The van der Waals surface area contributed by atoms with E-state index in [0.29, 0.717) is 13.2 Å². The van der Waals surface area contributed by atoms with Crippen LogP contribution < -0.4 is 0 Å². The zero-order valence-electron chi connectivity index (χ0n) is 27.1. The van der Waals surface area contributed by atoms with Gasteiger partial charge in [0.2, 0.25) is 5.91 Å². The van der Waals surface area contributed by atoms with Crippen molar-refractivity contribution in [2.24, 2.45) is 0 Å². The van der Waals surface area contributed by atoms with Crippen LogP contribution in [0.4, 0.5) is 0 Å². The topological polar surface area (TPSA) is 129 Å². The maximum Gasteiger partial charge on any atom is 0.220 e. The van der Waals surface area contributed by atoms with Crippen LogP contribution in [-0.4, -0.2) is 101 Å². The number of carbonyl (C=O) groups is 1. The molecule has 0 aliphatic carbocycles. The van der Waals surface area contributed by atoms with Crippen LogP contribution in [0, 0.1) is 0 Å². The van der Waals surface area contributed by atoms with Crippen LogP contribution in [-0.2, 0) is 19.0 Å². The van der Waals surface area contributed by atoms with Crippen molar-refractivity contribution < 1.29 is 39.4 Å². The third-order valence-corrected chi connectivity index (χ3v) is 8.35. The normalized spacial score (nSPS) is 22.6. The van der Waals surface area contributed by atoms with Gasteiger partial charge >= 0.3 is 0 Å². The number of hydrogen-bond acceptors (Lipinski definition) is 8. The van der Waals surface area contributed by atoms with Crippen molar-refractivity contribution in [3.63, 3.8) is 0 Å². The fraction of sp³-hybridized carbons (Fsp3) is 0.970. The summed E-state index contributed by atoms with van der Waals surface area (Å²) in [6, 6.07) is -1.78. The number of carbonyl (C=O) groups excluding carboxylic acids is 1. The van der Waals surface area contributed by atoms with Crippen molar-refractivity contribution in [3.8, 4) is 0 Å². The van der Waals surface area contributed by atoms with Crippen LogP contribution >= 0.6 is 0 Å². The SMILES string of the molecule is CCCCCCCCCCCOCC(COCCCCCCCCCCC)N(C(C)=O)[C@@H]1[C@@H](O)[C@H](O)[C@@H](CO)O[C@H]1O. The van der Waals surface area contributed by atoms with Gasteiger partial charge in [0.1, 0.15) is 24.4 Å². The average molecular weight is 604 g/mol. The van der Waals surface area contributed by atoms with Gasteiger partial charge in [-0.1, -0.05) is 117 Å². The Labute approximate surface area is 256 Å². The lowest BCUT2D eigenvalue weighted by molar-refractivity contribution is -0.275. The largest absolute Gasteiger partial charge is 0.394 e. The molecule has 1 amide bonds. The molecule has 5 atom stereocenters. The van der Waals surface area contributed by atoms with Gasteiger partial charge in [0.15, 0.2) is 6.29 Å². The number of amides is 1. The smallest absolute Gasteiger partial charge is 0.220 e. The molecule has 0 saturated carbocycles. The van der Waals surface area contributed by atoms with Gasteiger partial charge in [-0.05, 0) is 12.8 Å². The van der Waals surface area contributed by atoms with E-state index < -0.39 is 43.3 Å². The van der Waals surface area contributed by atoms with Gasteiger partial charge in [-0.15, -0.1) is 0 Å². The number of rotatable bonds is 27. The van der Waals surface area contributed by atoms with Gasteiger partial charge in [0, 0.05) is 20.1 Å². The minimum Gasteiger partial charge on any atom is -0.394 e. The number of aliphatic hydroxyl groups is 4. The summed E-state index contributed by atoms with van der Waals surface area (Å²) < 4.78 is 17.3. The van der Waals surface area contributed by atoms with E-state index in [9.17, 15) is 25.2 Å². The molecule has 1 heterocycles. The van der Waals surface area contributed by atoms with Gasteiger partial charge in [-0.3, -0.25) is 4.79 Å². The summed E-state index contributed by atoms with van der Waals surface area (Å²) >= 11 is 0. The zero-order chi connectivity index (χ0) is 31.0. The highest BCUT2D eigenvalue weighted by Crippen LogP contribution is 2.26. The summed E-state index contributed by atoms with van der Waals surface area (Å²) in [7, 11) is 0. The molecule has 1 saturated heterocycles. The van der Waals surface area contributed by atoms with E-state index in [4.69, 9.17) is 14.2 Å². The number of unbranched alkanes of at least 4 members (excludes halogenated alkanes) is 16. The first-order chi connectivity index (χ1) is 20.4. The van der Waals surface area contributed by atoms with Crippen LogP contribution in [0.15, 0.2) is 0 Å².